The van der Waals surface area contributed by atoms with Crippen molar-refractivity contribution in [1.29, 1.82) is 0 Å². The molecule has 0 saturated heterocycles. The van der Waals surface area contributed by atoms with Crippen LogP contribution in [0.25, 0.3) is 0 Å². The van der Waals surface area contributed by atoms with Gasteiger partial charge in [0.15, 0.2) is 5.82 Å². The topological polar surface area (TPSA) is 67.3 Å². The molecule has 1 aromatic rings. The maximum absolute atomic E-state index is 10.3. The van der Waals surface area contributed by atoms with Gasteiger partial charge in [0.2, 0.25) is 0 Å². The molecule has 5 heteroatoms. The van der Waals surface area contributed by atoms with Crippen molar-refractivity contribution in [1.82, 2.24) is 9.97 Å². The zero-order valence-corrected chi connectivity index (χ0v) is 12.4. The molecule has 1 heterocycles. The fourth-order valence-electron chi connectivity index (χ4n) is 2.64. The Labute approximate surface area is 120 Å². The number of nitrogens with one attached hydrogen (secondary N) is 1. The first-order valence-electron chi connectivity index (χ1n) is 7.56. The second kappa shape index (κ2) is 7.43. The molecule has 0 aromatic carbocycles. The predicted molar refractivity (Wildman–Crippen MR) is 78.9 cm³/mol. The Hall–Kier alpha value is -1.36. The van der Waals surface area contributed by atoms with Crippen molar-refractivity contribution < 1.29 is 9.84 Å². The highest BCUT2D eigenvalue weighted by Crippen LogP contribution is 2.27. The van der Waals surface area contributed by atoms with E-state index in [1.165, 1.54) is 19.3 Å². The van der Waals surface area contributed by atoms with Crippen molar-refractivity contribution in [2.75, 3.05) is 11.9 Å². The molecule has 0 radical (unpaired) electrons. The molecule has 5 nitrogen and oxygen atoms in total. The number of anilines is 1. The molecule has 0 aliphatic heterocycles. The number of ether oxygens (including phenoxy) is 1. The van der Waals surface area contributed by atoms with Gasteiger partial charge in [-0.3, -0.25) is 0 Å². The summed E-state index contributed by atoms with van der Waals surface area (Å²) in [6.07, 6.45) is 8.97. The number of aliphatic hydroxyl groups excluding tert-OH is 1. The van der Waals surface area contributed by atoms with E-state index in [1.54, 1.807) is 12.4 Å². The van der Waals surface area contributed by atoms with Crippen LogP contribution < -0.4 is 10.1 Å². The predicted octanol–water partition coefficient (Wildman–Crippen LogP) is 2.62. The van der Waals surface area contributed by atoms with Crippen LogP contribution in [0.3, 0.4) is 0 Å². The van der Waals surface area contributed by atoms with Gasteiger partial charge in [-0.25, -0.2) is 9.97 Å². The van der Waals surface area contributed by atoms with E-state index in [4.69, 9.17) is 4.74 Å². The zero-order valence-electron chi connectivity index (χ0n) is 12.4. The van der Waals surface area contributed by atoms with E-state index in [9.17, 15) is 5.11 Å². The zero-order chi connectivity index (χ0) is 14.4. The van der Waals surface area contributed by atoms with Crippen LogP contribution in [0, 0.1) is 5.92 Å². The van der Waals surface area contributed by atoms with Crippen molar-refractivity contribution >= 4 is 5.82 Å². The molecule has 2 N–H and O–H groups in total. The smallest absolute Gasteiger partial charge is 0.257 e. The summed E-state index contributed by atoms with van der Waals surface area (Å²) in [6.45, 7) is 4.41. The minimum Gasteiger partial charge on any atom is -0.472 e. The van der Waals surface area contributed by atoms with Gasteiger partial charge in [0, 0.05) is 18.9 Å². The molecule has 20 heavy (non-hydrogen) atoms. The van der Waals surface area contributed by atoms with Gasteiger partial charge < -0.3 is 15.2 Å². The monoisotopic (exact) mass is 279 g/mol. The Morgan fingerprint density at radius 3 is 2.65 bits per heavy atom. The number of aliphatic hydroxyl groups is 1. The molecule has 0 spiro atoms. The fourth-order valence-corrected chi connectivity index (χ4v) is 2.64. The van der Waals surface area contributed by atoms with Crippen LogP contribution in [0.15, 0.2) is 12.4 Å². The van der Waals surface area contributed by atoms with E-state index in [-0.39, 0.29) is 12.2 Å². The average molecular weight is 279 g/mol. The van der Waals surface area contributed by atoms with Gasteiger partial charge >= 0.3 is 0 Å². The highest BCUT2D eigenvalue weighted by Gasteiger charge is 2.22. The summed E-state index contributed by atoms with van der Waals surface area (Å²) in [5, 5.41) is 13.4. The fraction of sp³-hybridized carbons (Fsp3) is 0.733. The molecular formula is C15H25N3O2. The summed E-state index contributed by atoms with van der Waals surface area (Å²) in [4.78, 5) is 8.42. The lowest BCUT2D eigenvalue weighted by Crippen LogP contribution is -2.30. The molecule has 1 atom stereocenters. The number of nitrogens with zero attached hydrogens (tertiary/aromatic N) is 2. The minimum absolute atomic E-state index is 0.0514. The summed E-state index contributed by atoms with van der Waals surface area (Å²) in [5.74, 6) is 1.51. The maximum atomic E-state index is 10.3. The lowest BCUT2D eigenvalue weighted by atomic mass is 9.85. The average Bonchev–Trinajstić information content (AvgIpc) is 2.46. The van der Waals surface area contributed by atoms with Crippen LogP contribution in [0.4, 0.5) is 5.82 Å². The highest BCUT2D eigenvalue weighted by molar-refractivity contribution is 5.44. The lowest BCUT2D eigenvalue weighted by Gasteiger charge is -2.27. The van der Waals surface area contributed by atoms with E-state index in [2.05, 4.69) is 15.3 Å². The molecule has 2 rings (SSSR count). The minimum atomic E-state index is -0.329. The second-order valence-electron chi connectivity index (χ2n) is 5.72. The van der Waals surface area contributed by atoms with Crippen molar-refractivity contribution in [2.24, 2.45) is 5.92 Å². The SMILES string of the molecule is CC(C)Oc1nccnc1NCC(O)C1CCCCC1. The number of hydrogen-bond acceptors (Lipinski definition) is 5. The van der Waals surface area contributed by atoms with Gasteiger partial charge in [0.1, 0.15) is 0 Å². The maximum Gasteiger partial charge on any atom is 0.257 e. The van der Waals surface area contributed by atoms with E-state index in [0.717, 1.165) is 12.8 Å². The Morgan fingerprint density at radius 2 is 1.95 bits per heavy atom. The van der Waals surface area contributed by atoms with Gasteiger partial charge in [0.25, 0.3) is 5.88 Å². The Balaban J connectivity index is 1.89. The molecule has 1 aliphatic carbocycles. The molecule has 0 bridgehead atoms. The number of hydrogen-bond donors (Lipinski definition) is 2. The molecule has 1 saturated carbocycles. The van der Waals surface area contributed by atoms with Crippen LogP contribution in [0.1, 0.15) is 46.0 Å². The van der Waals surface area contributed by atoms with Crippen LogP contribution in [0.5, 0.6) is 5.88 Å². The largest absolute Gasteiger partial charge is 0.472 e. The van der Waals surface area contributed by atoms with Gasteiger partial charge in [-0.15, -0.1) is 0 Å². The molecule has 1 unspecified atom stereocenters. The lowest BCUT2D eigenvalue weighted by molar-refractivity contribution is 0.0954. The third-order valence-corrected chi connectivity index (χ3v) is 3.68. The third-order valence-electron chi connectivity index (χ3n) is 3.68. The van der Waals surface area contributed by atoms with Gasteiger partial charge in [-0.05, 0) is 32.6 Å². The van der Waals surface area contributed by atoms with Crippen molar-refractivity contribution in [3.05, 3.63) is 12.4 Å². The first-order valence-corrected chi connectivity index (χ1v) is 7.56. The normalized spacial score (nSPS) is 18.0. The summed E-state index contributed by atoms with van der Waals surface area (Å²) < 4.78 is 5.61. The molecule has 112 valence electrons. The van der Waals surface area contributed by atoms with Gasteiger partial charge in [-0.2, -0.15) is 0 Å². The summed E-state index contributed by atoms with van der Waals surface area (Å²) in [5.41, 5.74) is 0. The van der Waals surface area contributed by atoms with Crippen LogP contribution >= 0.6 is 0 Å². The molecular weight excluding hydrogens is 254 g/mol. The summed E-state index contributed by atoms with van der Waals surface area (Å²) in [6, 6.07) is 0. The standard InChI is InChI=1S/C15H25N3O2/c1-11(2)20-15-14(16-8-9-17-15)18-10-13(19)12-6-4-3-5-7-12/h8-9,11-13,19H,3-7,10H2,1-2H3,(H,16,18). The highest BCUT2D eigenvalue weighted by atomic mass is 16.5. The Morgan fingerprint density at radius 1 is 1.25 bits per heavy atom. The van der Waals surface area contributed by atoms with Crippen LogP contribution in [-0.4, -0.2) is 33.8 Å². The summed E-state index contributed by atoms with van der Waals surface area (Å²) >= 11 is 0. The second-order valence-corrected chi connectivity index (χ2v) is 5.72. The number of aromatic nitrogens is 2. The van der Waals surface area contributed by atoms with E-state index < -0.39 is 0 Å². The third kappa shape index (κ3) is 4.34. The molecule has 1 fully saturated rings. The van der Waals surface area contributed by atoms with E-state index >= 15 is 0 Å². The quantitative estimate of drug-likeness (QED) is 0.838. The van der Waals surface area contributed by atoms with Crippen molar-refractivity contribution in [2.45, 2.75) is 58.2 Å². The van der Waals surface area contributed by atoms with Crippen LogP contribution in [0.2, 0.25) is 0 Å². The van der Waals surface area contributed by atoms with Gasteiger partial charge in [-0.1, -0.05) is 19.3 Å². The number of rotatable bonds is 6. The Bertz CT molecular complexity index is 406. The van der Waals surface area contributed by atoms with Crippen molar-refractivity contribution in [3.63, 3.8) is 0 Å². The van der Waals surface area contributed by atoms with Crippen molar-refractivity contribution in [3.8, 4) is 5.88 Å². The van der Waals surface area contributed by atoms with E-state index in [0.29, 0.717) is 24.2 Å². The molecule has 1 aromatic heterocycles. The summed E-state index contributed by atoms with van der Waals surface area (Å²) in [7, 11) is 0. The van der Waals surface area contributed by atoms with E-state index in [1.807, 2.05) is 13.8 Å². The first-order chi connectivity index (χ1) is 9.66. The molecule has 1 aliphatic rings. The Kier molecular flexibility index (Phi) is 5.59. The first kappa shape index (κ1) is 15.0. The van der Waals surface area contributed by atoms with Gasteiger partial charge in [0.05, 0.1) is 12.2 Å². The van der Waals surface area contributed by atoms with Crippen LogP contribution in [-0.2, 0) is 0 Å². The molecule has 0 amide bonds.